The van der Waals surface area contributed by atoms with Gasteiger partial charge >= 0.3 is 0 Å². The summed E-state index contributed by atoms with van der Waals surface area (Å²) in [4.78, 5) is 11.7. The Balaban J connectivity index is 2.75. The molecule has 0 unspecified atom stereocenters. The van der Waals surface area contributed by atoms with Gasteiger partial charge in [0.05, 0.1) is 25.0 Å². The van der Waals surface area contributed by atoms with E-state index in [2.05, 4.69) is 24.3 Å². The minimum absolute atomic E-state index is 0.122. The quantitative estimate of drug-likeness (QED) is 0.809. The maximum atomic E-state index is 11.7. The van der Waals surface area contributed by atoms with E-state index in [1.165, 1.54) is 6.20 Å². The second kappa shape index (κ2) is 6.61. The number of halogens is 1. The van der Waals surface area contributed by atoms with Crippen LogP contribution in [-0.2, 0) is 6.54 Å². The van der Waals surface area contributed by atoms with E-state index < -0.39 is 0 Å². The molecule has 1 aromatic heterocycles. The third-order valence-electron chi connectivity index (χ3n) is 2.33. The molecule has 1 rings (SSSR count). The number of aromatic nitrogens is 2. The van der Waals surface area contributed by atoms with Crippen molar-refractivity contribution in [2.45, 2.75) is 26.8 Å². The number of rotatable bonds is 6. The summed E-state index contributed by atoms with van der Waals surface area (Å²) in [5.41, 5.74) is 0.168. The molecule has 5 nitrogen and oxygen atoms in total. The molecule has 0 aliphatic carbocycles. The van der Waals surface area contributed by atoms with E-state index in [-0.39, 0.29) is 23.7 Å². The maximum Gasteiger partial charge on any atom is 0.287 e. The normalized spacial score (nSPS) is 10.9. The molecule has 96 valence electrons. The summed E-state index contributed by atoms with van der Waals surface area (Å²) < 4.78 is 1.15. The molecule has 0 saturated carbocycles. The molecule has 1 heterocycles. The second-order valence-electron chi connectivity index (χ2n) is 4.23. The van der Waals surface area contributed by atoms with Crippen molar-refractivity contribution in [3.63, 3.8) is 0 Å². The van der Waals surface area contributed by atoms with Gasteiger partial charge in [0.2, 0.25) is 0 Å². The van der Waals surface area contributed by atoms with E-state index in [4.69, 9.17) is 16.7 Å². The van der Waals surface area contributed by atoms with Crippen LogP contribution in [0.3, 0.4) is 0 Å². The largest absolute Gasteiger partial charge is 0.394 e. The molecule has 0 atom stereocenters. The van der Waals surface area contributed by atoms with Gasteiger partial charge in [0, 0.05) is 6.54 Å². The van der Waals surface area contributed by atoms with Gasteiger partial charge in [0.1, 0.15) is 5.02 Å². The van der Waals surface area contributed by atoms with Gasteiger partial charge in [0.25, 0.3) is 5.56 Å². The van der Waals surface area contributed by atoms with Crippen molar-refractivity contribution in [3.05, 3.63) is 21.6 Å². The molecule has 17 heavy (non-hydrogen) atoms. The van der Waals surface area contributed by atoms with Crippen LogP contribution in [0.25, 0.3) is 0 Å². The summed E-state index contributed by atoms with van der Waals surface area (Å²) in [6, 6.07) is 0. The average molecular weight is 260 g/mol. The molecule has 0 aliphatic rings. The van der Waals surface area contributed by atoms with Crippen LogP contribution in [0.4, 0.5) is 5.69 Å². The number of aliphatic hydroxyl groups is 1. The Labute approximate surface area is 105 Å². The smallest absolute Gasteiger partial charge is 0.287 e. The van der Waals surface area contributed by atoms with Gasteiger partial charge in [0.15, 0.2) is 0 Å². The molecule has 0 fully saturated rings. The molecule has 0 aliphatic heterocycles. The van der Waals surface area contributed by atoms with Crippen LogP contribution in [0.2, 0.25) is 5.02 Å². The summed E-state index contributed by atoms with van der Waals surface area (Å²) in [6.07, 6.45) is 2.51. The SMILES string of the molecule is CC(C)CCNc1cnn(CCO)c(=O)c1Cl. The zero-order valence-corrected chi connectivity index (χ0v) is 10.9. The lowest BCUT2D eigenvalue weighted by Gasteiger charge is -2.10. The van der Waals surface area contributed by atoms with Crippen LogP contribution in [0.5, 0.6) is 0 Å². The van der Waals surface area contributed by atoms with E-state index in [1.54, 1.807) is 0 Å². The number of nitrogens with one attached hydrogen (secondary N) is 1. The second-order valence-corrected chi connectivity index (χ2v) is 4.61. The minimum atomic E-state index is -0.379. The predicted molar refractivity (Wildman–Crippen MR) is 68.5 cm³/mol. The van der Waals surface area contributed by atoms with Crippen molar-refractivity contribution < 1.29 is 5.11 Å². The zero-order chi connectivity index (χ0) is 12.8. The summed E-state index contributed by atoms with van der Waals surface area (Å²) in [5, 5.41) is 15.9. The van der Waals surface area contributed by atoms with Crippen LogP contribution in [0, 0.1) is 5.92 Å². The van der Waals surface area contributed by atoms with Crippen molar-refractivity contribution in [1.82, 2.24) is 9.78 Å². The van der Waals surface area contributed by atoms with Crippen molar-refractivity contribution in [1.29, 1.82) is 0 Å². The van der Waals surface area contributed by atoms with Gasteiger partial charge < -0.3 is 10.4 Å². The molecule has 1 aromatic rings. The number of hydrogen-bond donors (Lipinski definition) is 2. The number of nitrogens with zero attached hydrogens (tertiary/aromatic N) is 2. The van der Waals surface area contributed by atoms with Crippen LogP contribution in [0.15, 0.2) is 11.0 Å². The van der Waals surface area contributed by atoms with Crippen molar-refractivity contribution in [2.75, 3.05) is 18.5 Å². The summed E-state index contributed by atoms with van der Waals surface area (Å²) in [7, 11) is 0. The van der Waals surface area contributed by atoms with Crippen LogP contribution in [-0.4, -0.2) is 28.0 Å². The lowest BCUT2D eigenvalue weighted by molar-refractivity contribution is 0.266. The highest BCUT2D eigenvalue weighted by Gasteiger charge is 2.08. The number of aliphatic hydroxyl groups excluding tert-OH is 1. The zero-order valence-electron chi connectivity index (χ0n) is 10.1. The molecular formula is C11H18ClN3O2. The fourth-order valence-electron chi connectivity index (χ4n) is 1.34. The molecule has 0 amide bonds. The fourth-order valence-corrected chi connectivity index (χ4v) is 1.55. The third kappa shape index (κ3) is 4.02. The van der Waals surface area contributed by atoms with E-state index in [9.17, 15) is 4.79 Å². The summed E-state index contributed by atoms with van der Waals surface area (Å²) in [5.74, 6) is 0.587. The van der Waals surface area contributed by atoms with Crippen LogP contribution >= 0.6 is 11.6 Å². The molecule has 0 bridgehead atoms. The summed E-state index contributed by atoms with van der Waals surface area (Å²) in [6.45, 7) is 5.03. The maximum absolute atomic E-state index is 11.7. The predicted octanol–water partition coefficient (Wildman–Crippen LogP) is 1.35. The Kier molecular flexibility index (Phi) is 5.44. The van der Waals surface area contributed by atoms with Gasteiger partial charge in [-0.25, -0.2) is 4.68 Å². The molecule has 0 radical (unpaired) electrons. The Hall–Kier alpha value is -1.07. The van der Waals surface area contributed by atoms with Crippen molar-refractivity contribution in [2.24, 2.45) is 5.92 Å². The molecular weight excluding hydrogens is 242 g/mol. The van der Waals surface area contributed by atoms with Gasteiger partial charge in [-0.15, -0.1) is 0 Å². The van der Waals surface area contributed by atoms with Gasteiger partial charge in [-0.3, -0.25) is 4.79 Å². The standard InChI is InChI=1S/C11H18ClN3O2/c1-8(2)3-4-13-9-7-14-15(5-6-16)11(17)10(9)12/h7-8,13,16H,3-6H2,1-2H3. The van der Waals surface area contributed by atoms with E-state index >= 15 is 0 Å². The average Bonchev–Trinajstić information content (AvgIpc) is 2.28. The highest BCUT2D eigenvalue weighted by molar-refractivity contribution is 6.32. The summed E-state index contributed by atoms with van der Waals surface area (Å²) >= 11 is 5.93. The Morgan fingerprint density at radius 1 is 1.59 bits per heavy atom. The van der Waals surface area contributed by atoms with Crippen molar-refractivity contribution >= 4 is 17.3 Å². The fraction of sp³-hybridized carbons (Fsp3) is 0.636. The number of hydrogen-bond acceptors (Lipinski definition) is 4. The van der Waals surface area contributed by atoms with E-state index in [1.807, 2.05) is 0 Å². The van der Waals surface area contributed by atoms with Gasteiger partial charge in [-0.2, -0.15) is 5.10 Å². The first-order valence-electron chi connectivity index (χ1n) is 5.66. The van der Waals surface area contributed by atoms with Gasteiger partial charge in [-0.1, -0.05) is 25.4 Å². The highest BCUT2D eigenvalue weighted by Crippen LogP contribution is 2.15. The lowest BCUT2D eigenvalue weighted by Crippen LogP contribution is -2.25. The first-order chi connectivity index (χ1) is 8.06. The Bertz CT molecular complexity index is 418. The minimum Gasteiger partial charge on any atom is -0.394 e. The number of anilines is 1. The van der Waals surface area contributed by atoms with E-state index in [0.717, 1.165) is 17.6 Å². The Morgan fingerprint density at radius 3 is 2.88 bits per heavy atom. The van der Waals surface area contributed by atoms with Crippen LogP contribution in [0.1, 0.15) is 20.3 Å². The lowest BCUT2D eigenvalue weighted by atomic mass is 10.1. The van der Waals surface area contributed by atoms with Crippen LogP contribution < -0.4 is 10.9 Å². The highest BCUT2D eigenvalue weighted by atomic mass is 35.5. The first kappa shape index (κ1) is 14.0. The van der Waals surface area contributed by atoms with Crippen molar-refractivity contribution in [3.8, 4) is 0 Å². The topological polar surface area (TPSA) is 67.2 Å². The molecule has 2 N–H and O–H groups in total. The van der Waals surface area contributed by atoms with Gasteiger partial charge in [-0.05, 0) is 12.3 Å². The monoisotopic (exact) mass is 259 g/mol. The Morgan fingerprint density at radius 2 is 2.29 bits per heavy atom. The molecule has 0 saturated heterocycles. The molecule has 0 spiro atoms. The molecule has 0 aromatic carbocycles. The first-order valence-corrected chi connectivity index (χ1v) is 6.04. The third-order valence-corrected chi connectivity index (χ3v) is 2.70. The molecule has 6 heteroatoms. The van der Waals surface area contributed by atoms with E-state index in [0.29, 0.717) is 11.6 Å².